The molecule has 1 atom stereocenters. The Morgan fingerprint density at radius 2 is 1.91 bits per heavy atom. The van der Waals surface area contributed by atoms with Crippen molar-refractivity contribution in [1.29, 1.82) is 5.26 Å². The van der Waals surface area contributed by atoms with Crippen LogP contribution in [-0.4, -0.2) is 24.8 Å². The summed E-state index contributed by atoms with van der Waals surface area (Å²) in [5.74, 6) is -0.762. The van der Waals surface area contributed by atoms with Crippen LogP contribution in [0.1, 0.15) is 34.8 Å². The molecule has 33 heavy (non-hydrogen) atoms. The molecule has 1 amide bonds. The van der Waals surface area contributed by atoms with Gasteiger partial charge in [-0.05, 0) is 61.4 Å². The van der Waals surface area contributed by atoms with Crippen LogP contribution in [0.4, 0.5) is 11.4 Å². The number of nitrogens with zero attached hydrogens (tertiary/aromatic N) is 1. The molecule has 0 saturated carbocycles. The maximum atomic E-state index is 13.0. The van der Waals surface area contributed by atoms with Crippen LogP contribution in [0.2, 0.25) is 5.02 Å². The quantitative estimate of drug-likeness (QED) is 0.402. The van der Waals surface area contributed by atoms with Crippen LogP contribution in [0, 0.1) is 18.3 Å². The number of hydrogen-bond donors (Lipinski definition) is 3. The molecular formula is C24H22ClN3O4S. The van der Waals surface area contributed by atoms with Gasteiger partial charge < -0.3 is 15.7 Å². The first kappa shape index (κ1) is 24.1. The lowest BCUT2D eigenvalue weighted by Gasteiger charge is -2.20. The number of anilines is 2. The van der Waals surface area contributed by atoms with E-state index in [-0.39, 0.29) is 32.5 Å². The zero-order chi connectivity index (χ0) is 24.2. The largest absolute Gasteiger partial charge is 0.506 e. The molecule has 3 rings (SSSR count). The van der Waals surface area contributed by atoms with Crippen molar-refractivity contribution in [2.75, 3.05) is 10.6 Å². The van der Waals surface area contributed by atoms with Gasteiger partial charge in [0.15, 0.2) is 9.84 Å². The molecule has 0 radical (unpaired) electrons. The molecule has 0 fully saturated rings. The lowest BCUT2D eigenvalue weighted by atomic mass is 10.1. The van der Waals surface area contributed by atoms with Crippen LogP contribution >= 0.6 is 11.6 Å². The van der Waals surface area contributed by atoms with Gasteiger partial charge in [-0.1, -0.05) is 30.7 Å². The summed E-state index contributed by atoms with van der Waals surface area (Å²) in [5, 5.41) is 24.1. The SMILES string of the molecule is CCC(Nc1ccc(NC(=O)c2ccc(C#N)c(Cl)c2)c(O)c1)S(=O)(=O)c1cccc(C)c1. The summed E-state index contributed by atoms with van der Waals surface area (Å²) in [6, 6.07) is 17.2. The van der Waals surface area contributed by atoms with E-state index >= 15 is 0 Å². The Balaban J connectivity index is 1.78. The predicted octanol–water partition coefficient (Wildman–Crippen LogP) is 5.10. The smallest absolute Gasteiger partial charge is 0.255 e. The van der Waals surface area contributed by atoms with Crippen molar-refractivity contribution in [1.82, 2.24) is 0 Å². The van der Waals surface area contributed by atoms with E-state index in [0.29, 0.717) is 12.1 Å². The Bertz CT molecular complexity index is 1350. The number of carbonyl (C=O) groups is 1. The Morgan fingerprint density at radius 1 is 1.15 bits per heavy atom. The molecule has 0 aromatic heterocycles. The molecular weight excluding hydrogens is 462 g/mol. The van der Waals surface area contributed by atoms with Gasteiger partial charge in [-0.25, -0.2) is 8.42 Å². The summed E-state index contributed by atoms with van der Waals surface area (Å²) >= 11 is 5.97. The molecule has 0 saturated heterocycles. The van der Waals surface area contributed by atoms with Crippen molar-refractivity contribution in [3.05, 3.63) is 82.4 Å². The molecule has 1 unspecified atom stereocenters. The number of sulfone groups is 1. The highest BCUT2D eigenvalue weighted by atomic mass is 35.5. The number of hydrogen-bond acceptors (Lipinski definition) is 6. The normalized spacial score (nSPS) is 11.9. The topological polar surface area (TPSA) is 119 Å². The number of rotatable bonds is 7. The van der Waals surface area contributed by atoms with Gasteiger partial charge in [-0.2, -0.15) is 5.26 Å². The number of nitrogens with one attached hydrogen (secondary N) is 2. The number of nitriles is 1. The minimum Gasteiger partial charge on any atom is -0.506 e. The second-order valence-electron chi connectivity index (χ2n) is 7.40. The Hall–Kier alpha value is -3.54. The van der Waals surface area contributed by atoms with E-state index in [0.717, 1.165) is 5.56 Å². The predicted molar refractivity (Wildman–Crippen MR) is 128 cm³/mol. The number of carbonyl (C=O) groups excluding carboxylic acids is 1. The zero-order valence-electron chi connectivity index (χ0n) is 18.0. The third-order valence-electron chi connectivity index (χ3n) is 4.99. The van der Waals surface area contributed by atoms with Crippen molar-refractivity contribution < 1.29 is 18.3 Å². The molecule has 3 aromatic rings. The van der Waals surface area contributed by atoms with Crippen LogP contribution in [0.25, 0.3) is 0 Å². The molecule has 0 aliphatic carbocycles. The van der Waals surface area contributed by atoms with Gasteiger partial charge in [0, 0.05) is 17.3 Å². The summed E-state index contributed by atoms with van der Waals surface area (Å²) in [5.41, 5.74) is 1.83. The molecule has 0 heterocycles. The highest BCUT2D eigenvalue weighted by molar-refractivity contribution is 7.92. The summed E-state index contributed by atoms with van der Waals surface area (Å²) < 4.78 is 26.1. The van der Waals surface area contributed by atoms with E-state index in [1.165, 1.54) is 30.3 Å². The fraction of sp³-hybridized carbons (Fsp3) is 0.167. The minimum absolute atomic E-state index is 0.139. The standard InChI is InChI=1S/C24H22ClN3O4S/c1-3-23(33(31,32)19-6-4-5-15(2)11-19)27-18-9-10-21(22(29)13-18)28-24(30)16-7-8-17(14-26)20(25)12-16/h4-13,23,27,29H,3H2,1-2H3,(H,28,30). The average molecular weight is 484 g/mol. The third kappa shape index (κ3) is 5.45. The van der Waals surface area contributed by atoms with E-state index in [4.69, 9.17) is 16.9 Å². The monoisotopic (exact) mass is 483 g/mol. The summed E-state index contributed by atoms with van der Waals surface area (Å²) in [6.45, 7) is 3.58. The third-order valence-corrected chi connectivity index (χ3v) is 7.41. The van der Waals surface area contributed by atoms with Gasteiger partial charge in [0.1, 0.15) is 17.2 Å². The van der Waals surface area contributed by atoms with Crippen molar-refractivity contribution in [3.63, 3.8) is 0 Å². The number of amides is 1. The minimum atomic E-state index is -3.66. The molecule has 0 aliphatic rings. The number of benzene rings is 3. The van der Waals surface area contributed by atoms with Crippen LogP contribution in [0.5, 0.6) is 5.75 Å². The molecule has 0 spiro atoms. The number of phenols is 1. The average Bonchev–Trinajstić information content (AvgIpc) is 2.78. The van der Waals surface area contributed by atoms with E-state index in [9.17, 15) is 18.3 Å². The van der Waals surface area contributed by atoms with E-state index in [2.05, 4.69) is 10.6 Å². The van der Waals surface area contributed by atoms with Crippen LogP contribution in [0.15, 0.2) is 65.6 Å². The molecule has 3 aromatic carbocycles. The number of aromatic hydroxyl groups is 1. The first-order valence-corrected chi connectivity index (χ1v) is 12.0. The fourth-order valence-corrected chi connectivity index (χ4v) is 5.11. The molecule has 9 heteroatoms. The highest BCUT2D eigenvalue weighted by Crippen LogP contribution is 2.30. The van der Waals surface area contributed by atoms with Gasteiger partial charge in [-0.15, -0.1) is 0 Å². The zero-order valence-corrected chi connectivity index (χ0v) is 19.5. The lowest BCUT2D eigenvalue weighted by Crippen LogP contribution is -2.29. The van der Waals surface area contributed by atoms with Crippen molar-refractivity contribution in [2.24, 2.45) is 0 Å². The molecule has 170 valence electrons. The molecule has 0 aliphatic heterocycles. The van der Waals surface area contributed by atoms with Crippen molar-refractivity contribution in [2.45, 2.75) is 30.5 Å². The van der Waals surface area contributed by atoms with Gasteiger partial charge in [-0.3, -0.25) is 4.79 Å². The summed E-state index contributed by atoms with van der Waals surface area (Å²) in [7, 11) is -3.66. The van der Waals surface area contributed by atoms with Gasteiger partial charge >= 0.3 is 0 Å². The Labute approximate surface area is 197 Å². The summed E-state index contributed by atoms with van der Waals surface area (Å²) in [6.07, 6.45) is 0.301. The fourth-order valence-electron chi connectivity index (χ4n) is 3.21. The Kier molecular flexibility index (Phi) is 7.26. The molecule has 3 N–H and O–H groups in total. The van der Waals surface area contributed by atoms with Crippen LogP contribution in [-0.2, 0) is 9.84 Å². The Morgan fingerprint density at radius 3 is 2.52 bits per heavy atom. The lowest BCUT2D eigenvalue weighted by molar-refractivity contribution is 0.102. The van der Waals surface area contributed by atoms with E-state index in [1.54, 1.807) is 31.2 Å². The molecule has 7 nitrogen and oxygen atoms in total. The maximum Gasteiger partial charge on any atom is 0.255 e. The molecule has 0 bridgehead atoms. The second kappa shape index (κ2) is 9.94. The number of halogens is 1. The van der Waals surface area contributed by atoms with Crippen LogP contribution < -0.4 is 10.6 Å². The first-order valence-electron chi connectivity index (χ1n) is 10.1. The van der Waals surface area contributed by atoms with Gasteiger partial charge in [0.2, 0.25) is 0 Å². The first-order chi connectivity index (χ1) is 15.6. The van der Waals surface area contributed by atoms with E-state index in [1.807, 2.05) is 19.1 Å². The maximum absolute atomic E-state index is 13.0. The van der Waals surface area contributed by atoms with Crippen LogP contribution in [0.3, 0.4) is 0 Å². The van der Waals surface area contributed by atoms with Crippen molar-refractivity contribution in [3.8, 4) is 11.8 Å². The summed E-state index contributed by atoms with van der Waals surface area (Å²) in [4.78, 5) is 12.7. The highest BCUT2D eigenvalue weighted by Gasteiger charge is 2.26. The van der Waals surface area contributed by atoms with E-state index < -0.39 is 21.1 Å². The number of phenolic OH excluding ortho intramolecular Hbond substituents is 1. The van der Waals surface area contributed by atoms with Gasteiger partial charge in [0.25, 0.3) is 5.91 Å². The number of aryl methyl sites for hydroxylation is 1. The second-order valence-corrected chi connectivity index (χ2v) is 9.93. The van der Waals surface area contributed by atoms with Crippen molar-refractivity contribution >= 4 is 38.7 Å². The van der Waals surface area contributed by atoms with Gasteiger partial charge in [0.05, 0.1) is 21.2 Å².